The maximum Gasteiger partial charge on any atom is 0.154 e. The molecule has 0 aliphatic carbocycles. The van der Waals surface area contributed by atoms with Crippen molar-refractivity contribution >= 4 is 5.78 Å². The Morgan fingerprint density at radius 2 is 1.93 bits per heavy atom. The molecule has 2 rings (SSSR count). The van der Waals surface area contributed by atoms with Crippen molar-refractivity contribution in [2.75, 3.05) is 0 Å². The smallest absolute Gasteiger partial charge is 0.154 e. The van der Waals surface area contributed by atoms with Crippen molar-refractivity contribution < 1.29 is 4.79 Å². The van der Waals surface area contributed by atoms with Crippen LogP contribution in [0.15, 0.2) is 30.3 Å². The molecule has 1 aromatic carbocycles. The van der Waals surface area contributed by atoms with Crippen molar-refractivity contribution in [3.05, 3.63) is 35.9 Å². The van der Waals surface area contributed by atoms with E-state index >= 15 is 0 Å². The van der Waals surface area contributed by atoms with Gasteiger partial charge >= 0.3 is 0 Å². The number of rotatable bonds is 3. The first-order chi connectivity index (χ1) is 6.70. The van der Waals surface area contributed by atoms with E-state index in [-0.39, 0.29) is 18.0 Å². The first-order valence-electron chi connectivity index (χ1n) is 5.05. The summed E-state index contributed by atoms with van der Waals surface area (Å²) in [4.78, 5) is 11.6. The second-order valence-electron chi connectivity index (χ2n) is 4.09. The molecule has 1 aliphatic heterocycles. The van der Waals surface area contributed by atoms with Gasteiger partial charge in [0.2, 0.25) is 0 Å². The lowest BCUT2D eigenvalue weighted by molar-refractivity contribution is -0.121. The lowest BCUT2D eigenvalue weighted by Crippen LogP contribution is -2.16. The lowest BCUT2D eigenvalue weighted by Gasteiger charge is -2.00. The predicted octanol–water partition coefficient (Wildman–Crippen LogP) is 1.92. The van der Waals surface area contributed by atoms with Crippen LogP contribution in [0.5, 0.6) is 0 Å². The topological polar surface area (TPSA) is 39.0 Å². The van der Waals surface area contributed by atoms with Crippen LogP contribution in [0, 0.1) is 5.92 Å². The molecule has 74 valence electrons. The Hall–Kier alpha value is -1.15. The molecule has 0 amide bonds. The number of hydrogen-bond acceptors (Lipinski definition) is 2. The largest absolute Gasteiger partial charge is 0.298 e. The van der Waals surface area contributed by atoms with Crippen LogP contribution in [0.25, 0.3) is 0 Å². The van der Waals surface area contributed by atoms with Crippen LogP contribution in [-0.2, 0) is 4.79 Å². The fourth-order valence-electron chi connectivity index (χ4n) is 1.69. The summed E-state index contributed by atoms with van der Waals surface area (Å²) in [6.45, 7) is 3.90. The Balaban J connectivity index is 2.03. The predicted molar refractivity (Wildman–Crippen MR) is 56.0 cm³/mol. The first kappa shape index (κ1) is 9.41. The third kappa shape index (κ3) is 1.70. The highest BCUT2D eigenvalue weighted by Gasteiger charge is 2.43. The zero-order valence-electron chi connectivity index (χ0n) is 8.53. The van der Waals surface area contributed by atoms with Crippen LogP contribution in [-0.4, -0.2) is 11.8 Å². The summed E-state index contributed by atoms with van der Waals surface area (Å²) in [5.41, 5.74) is 1.21. The van der Waals surface area contributed by atoms with Crippen molar-refractivity contribution in [1.29, 1.82) is 0 Å². The van der Waals surface area contributed by atoms with Gasteiger partial charge in [-0.1, -0.05) is 44.2 Å². The Morgan fingerprint density at radius 3 is 2.50 bits per heavy atom. The summed E-state index contributed by atoms with van der Waals surface area (Å²) in [7, 11) is 0. The van der Waals surface area contributed by atoms with Crippen LogP contribution in [0.4, 0.5) is 0 Å². The number of hydrogen-bond donors (Lipinski definition) is 1. The number of benzene rings is 1. The molecule has 14 heavy (non-hydrogen) atoms. The average Bonchev–Trinajstić information content (AvgIpc) is 2.97. The van der Waals surface area contributed by atoms with Gasteiger partial charge in [-0.05, 0) is 5.56 Å². The molecule has 0 saturated carbocycles. The minimum Gasteiger partial charge on any atom is -0.298 e. The van der Waals surface area contributed by atoms with Gasteiger partial charge in [0.05, 0.1) is 12.1 Å². The lowest BCUT2D eigenvalue weighted by atomic mass is 10.0. The van der Waals surface area contributed by atoms with Crippen LogP contribution >= 0.6 is 0 Å². The minimum absolute atomic E-state index is 0.0531. The molecule has 2 heteroatoms. The highest BCUT2D eigenvalue weighted by atomic mass is 16.1. The molecule has 1 aliphatic rings. The number of nitrogens with one attached hydrogen (secondary N) is 1. The van der Waals surface area contributed by atoms with E-state index < -0.39 is 0 Å². The zero-order valence-corrected chi connectivity index (χ0v) is 8.53. The molecule has 0 radical (unpaired) electrons. The average molecular weight is 189 g/mol. The molecule has 2 nitrogen and oxygen atoms in total. The number of Topliss-reactive ketones (excluding diaryl/α,β-unsaturated/α-hetero) is 1. The van der Waals surface area contributed by atoms with Crippen LogP contribution in [0.2, 0.25) is 0 Å². The van der Waals surface area contributed by atoms with Gasteiger partial charge in [-0.3, -0.25) is 10.1 Å². The summed E-state index contributed by atoms with van der Waals surface area (Å²) in [6.07, 6.45) is 0. The Kier molecular flexibility index (Phi) is 2.38. The minimum atomic E-state index is 0.0531. The maximum absolute atomic E-state index is 11.6. The summed E-state index contributed by atoms with van der Waals surface area (Å²) < 4.78 is 0. The molecule has 0 unspecified atom stereocenters. The summed E-state index contributed by atoms with van der Waals surface area (Å²) in [5, 5.41) is 3.22. The van der Waals surface area contributed by atoms with E-state index in [9.17, 15) is 4.79 Å². The highest BCUT2D eigenvalue weighted by molar-refractivity contribution is 5.89. The molecule has 0 spiro atoms. The Labute approximate surface area is 84.3 Å². The van der Waals surface area contributed by atoms with E-state index in [0.717, 1.165) is 0 Å². The van der Waals surface area contributed by atoms with Crippen LogP contribution in [0.3, 0.4) is 0 Å². The molecule has 1 saturated heterocycles. The number of carbonyl (C=O) groups excluding carboxylic acids is 1. The Bertz CT molecular complexity index is 331. The van der Waals surface area contributed by atoms with Crippen LogP contribution < -0.4 is 5.32 Å². The third-order valence-electron chi connectivity index (χ3n) is 2.62. The molecule has 1 fully saturated rings. The van der Waals surface area contributed by atoms with E-state index in [0.29, 0.717) is 5.78 Å². The van der Waals surface area contributed by atoms with Gasteiger partial charge < -0.3 is 0 Å². The SMILES string of the molecule is CC(C)C(=O)[C@H]1N[C@@H]1c1ccccc1. The van der Waals surface area contributed by atoms with Gasteiger partial charge in [-0.2, -0.15) is 0 Å². The summed E-state index contributed by atoms with van der Waals surface area (Å²) >= 11 is 0. The van der Waals surface area contributed by atoms with Gasteiger partial charge in [0.1, 0.15) is 0 Å². The quantitative estimate of drug-likeness (QED) is 0.738. The van der Waals surface area contributed by atoms with Crippen molar-refractivity contribution in [1.82, 2.24) is 5.32 Å². The summed E-state index contributed by atoms with van der Waals surface area (Å²) in [6, 6.07) is 10.4. The van der Waals surface area contributed by atoms with E-state index in [2.05, 4.69) is 17.4 Å². The standard InChI is InChI=1S/C12H15NO/c1-8(2)12(14)11-10(13-11)9-6-4-3-5-7-9/h3-8,10-11,13H,1-2H3/t10-,11+/m1/s1. The first-order valence-corrected chi connectivity index (χ1v) is 5.05. The van der Waals surface area contributed by atoms with E-state index in [1.165, 1.54) is 5.56 Å². The van der Waals surface area contributed by atoms with Gasteiger partial charge in [-0.25, -0.2) is 0 Å². The molecule has 1 N–H and O–H groups in total. The molecule has 2 atom stereocenters. The molecule has 1 heterocycles. The molecule has 1 aromatic rings. The normalized spacial score (nSPS) is 25.1. The van der Waals surface area contributed by atoms with Crippen molar-refractivity contribution in [2.24, 2.45) is 5.92 Å². The van der Waals surface area contributed by atoms with Gasteiger partial charge in [0.15, 0.2) is 5.78 Å². The van der Waals surface area contributed by atoms with E-state index in [4.69, 9.17) is 0 Å². The van der Waals surface area contributed by atoms with Crippen LogP contribution in [0.1, 0.15) is 25.5 Å². The second-order valence-corrected chi connectivity index (χ2v) is 4.09. The monoisotopic (exact) mass is 189 g/mol. The molecular weight excluding hydrogens is 174 g/mol. The third-order valence-corrected chi connectivity index (χ3v) is 2.62. The zero-order chi connectivity index (χ0) is 10.1. The van der Waals surface area contributed by atoms with Crippen molar-refractivity contribution in [3.63, 3.8) is 0 Å². The molecular formula is C12H15NO. The second kappa shape index (κ2) is 3.54. The Morgan fingerprint density at radius 1 is 1.29 bits per heavy atom. The van der Waals surface area contributed by atoms with Crippen molar-refractivity contribution in [3.8, 4) is 0 Å². The van der Waals surface area contributed by atoms with E-state index in [1.807, 2.05) is 32.0 Å². The molecule has 0 aromatic heterocycles. The number of ketones is 1. The van der Waals surface area contributed by atoms with Crippen molar-refractivity contribution in [2.45, 2.75) is 25.9 Å². The number of carbonyl (C=O) groups is 1. The maximum atomic E-state index is 11.6. The fraction of sp³-hybridized carbons (Fsp3) is 0.417. The van der Waals surface area contributed by atoms with Gasteiger partial charge in [0.25, 0.3) is 0 Å². The highest BCUT2D eigenvalue weighted by Crippen LogP contribution is 2.31. The molecule has 0 bridgehead atoms. The van der Waals surface area contributed by atoms with E-state index in [1.54, 1.807) is 0 Å². The summed E-state index contributed by atoms with van der Waals surface area (Å²) in [5.74, 6) is 0.445. The van der Waals surface area contributed by atoms with Gasteiger partial charge in [-0.15, -0.1) is 0 Å². The fourth-order valence-corrected chi connectivity index (χ4v) is 1.69. The van der Waals surface area contributed by atoms with Gasteiger partial charge in [0, 0.05) is 5.92 Å².